The number of imide groups is 1. The predicted molar refractivity (Wildman–Crippen MR) is 96.6 cm³/mol. The van der Waals surface area contributed by atoms with Gasteiger partial charge in [0, 0.05) is 11.1 Å². The van der Waals surface area contributed by atoms with E-state index in [9.17, 15) is 14.4 Å². The standard InChI is InChI=1S/C18H19N3O4S/c1-11(2)14(15(22)21-18(19)24)25-17(23)13-9-6-10-20-16(13)26-12-7-4-3-5-8-12/h3-11,14H,1-2H3,(H3,19,21,22,24). The van der Waals surface area contributed by atoms with Crippen LogP contribution in [-0.4, -0.2) is 29.0 Å². The minimum atomic E-state index is -1.15. The lowest BCUT2D eigenvalue weighted by molar-refractivity contribution is -0.130. The van der Waals surface area contributed by atoms with Gasteiger partial charge in [-0.1, -0.05) is 43.8 Å². The van der Waals surface area contributed by atoms with Gasteiger partial charge in [0.1, 0.15) is 5.03 Å². The number of hydrogen-bond donors (Lipinski definition) is 2. The summed E-state index contributed by atoms with van der Waals surface area (Å²) >= 11 is 1.31. The van der Waals surface area contributed by atoms with E-state index in [2.05, 4.69) is 4.98 Å². The second kappa shape index (κ2) is 9.00. The molecule has 0 spiro atoms. The highest BCUT2D eigenvalue weighted by molar-refractivity contribution is 7.99. The summed E-state index contributed by atoms with van der Waals surface area (Å²) in [5.41, 5.74) is 5.19. The number of primary amides is 1. The molecule has 136 valence electrons. The van der Waals surface area contributed by atoms with Crippen LogP contribution in [0.15, 0.2) is 58.6 Å². The fourth-order valence-electron chi connectivity index (χ4n) is 2.09. The third-order valence-corrected chi connectivity index (χ3v) is 4.32. The molecule has 0 bridgehead atoms. The largest absolute Gasteiger partial charge is 0.448 e. The molecule has 1 heterocycles. The molecule has 1 aromatic carbocycles. The van der Waals surface area contributed by atoms with E-state index in [4.69, 9.17) is 10.5 Å². The van der Waals surface area contributed by atoms with Crippen LogP contribution in [0, 0.1) is 5.92 Å². The first-order valence-corrected chi connectivity index (χ1v) is 8.69. The molecule has 0 saturated carbocycles. The predicted octanol–water partition coefficient (Wildman–Crippen LogP) is 2.61. The highest BCUT2D eigenvalue weighted by Gasteiger charge is 2.29. The van der Waals surface area contributed by atoms with Crippen LogP contribution in [0.2, 0.25) is 0 Å². The van der Waals surface area contributed by atoms with Gasteiger partial charge in [-0.3, -0.25) is 10.1 Å². The molecule has 1 unspecified atom stereocenters. The van der Waals surface area contributed by atoms with Crippen LogP contribution in [0.3, 0.4) is 0 Å². The summed E-state index contributed by atoms with van der Waals surface area (Å²) in [6.07, 6.45) is 0.423. The van der Waals surface area contributed by atoms with Gasteiger partial charge in [-0.05, 0) is 30.2 Å². The Morgan fingerprint density at radius 2 is 1.81 bits per heavy atom. The fraction of sp³-hybridized carbons (Fsp3) is 0.222. The Balaban J connectivity index is 2.20. The fourth-order valence-corrected chi connectivity index (χ4v) is 2.98. The molecule has 0 radical (unpaired) electrons. The quantitative estimate of drug-likeness (QED) is 0.753. The van der Waals surface area contributed by atoms with Crippen molar-refractivity contribution >= 4 is 29.7 Å². The monoisotopic (exact) mass is 373 g/mol. The summed E-state index contributed by atoms with van der Waals surface area (Å²) in [7, 11) is 0. The lowest BCUT2D eigenvalue weighted by Crippen LogP contribution is -2.45. The van der Waals surface area contributed by atoms with Crippen molar-refractivity contribution in [1.82, 2.24) is 10.3 Å². The van der Waals surface area contributed by atoms with Crippen molar-refractivity contribution < 1.29 is 19.1 Å². The zero-order chi connectivity index (χ0) is 19.1. The van der Waals surface area contributed by atoms with Crippen LogP contribution in [0.1, 0.15) is 24.2 Å². The SMILES string of the molecule is CC(C)C(OC(=O)c1cccnc1Sc1ccccc1)C(=O)NC(N)=O. The Kier molecular flexibility index (Phi) is 6.74. The van der Waals surface area contributed by atoms with Crippen molar-refractivity contribution in [2.45, 2.75) is 29.9 Å². The van der Waals surface area contributed by atoms with Gasteiger partial charge in [0.2, 0.25) is 0 Å². The molecule has 0 saturated heterocycles. The number of rotatable bonds is 6. The van der Waals surface area contributed by atoms with Crippen LogP contribution in [0.4, 0.5) is 4.79 Å². The number of ether oxygens (including phenoxy) is 1. The van der Waals surface area contributed by atoms with Crippen molar-refractivity contribution in [3.63, 3.8) is 0 Å². The van der Waals surface area contributed by atoms with Crippen molar-refractivity contribution in [2.24, 2.45) is 11.7 Å². The van der Waals surface area contributed by atoms with Gasteiger partial charge in [-0.25, -0.2) is 14.6 Å². The van der Waals surface area contributed by atoms with Crippen LogP contribution in [0.25, 0.3) is 0 Å². The summed E-state index contributed by atoms with van der Waals surface area (Å²) in [5, 5.41) is 2.40. The number of nitrogens with one attached hydrogen (secondary N) is 1. The van der Waals surface area contributed by atoms with Crippen molar-refractivity contribution in [3.05, 3.63) is 54.2 Å². The van der Waals surface area contributed by atoms with E-state index in [-0.39, 0.29) is 11.5 Å². The van der Waals surface area contributed by atoms with Gasteiger partial charge in [0.15, 0.2) is 6.10 Å². The molecule has 0 aliphatic rings. The maximum Gasteiger partial charge on any atom is 0.341 e. The van der Waals surface area contributed by atoms with Gasteiger partial charge in [0.05, 0.1) is 5.56 Å². The molecule has 0 aliphatic heterocycles. The summed E-state index contributed by atoms with van der Waals surface area (Å²) in [5.74, 6) is -1.81. The van der Waals surface area contributed by atoms with Crippen LogP contribution in [-0.2, 0) is 9.53 Å². The zero-order valence-electron chi connectivity index (χ0n) is 14.3. The number of esters is 1. The molecule has 1 aromatic heterocycles. The Bertz CT molecular complexity index is 796. The Morgan fingerprint density at radius 3 is 2.42 bits per heavy atom. The van der Waals surface area contributed by atoms with Crippen LogP contribution < -0.4 is 11.1 Å². The molecular formula is C18H19N3O4S. The third kappa shape index (κ3) is 5.32. The first kappa shape index (κ1) is 19.5. The lowest BCUT2D eigenvalue weighted by atomic mass is 10.1. The zero-order valence-corrected chi connectivity index (χ0v) is 15.2. The second-order valence-corrected chi connectivity index (χ2v) is 6.76. The number of urea groups is 1. The van der Waals surface area contributed by atoms with Crippen molar-refractivity contribution in [3.8, 4) is 0 Å². The smallest absolute Gasteiger partial charge is 0.341 e. The summed E-state index contributed by atoms with van der Waals surface area (Å²) in [6, 6.07) is 11.6. The number of carbonyl (C=O) groups excluding carboxylic acids is 3. The molecule has 0 aliphatic carbocycles. The minimum Gasteiger partial charge on any atom is -0.448 e. The number of benzene rings is 1. The minimum absolute atomic E-state index is 0.235. The van der Waals surface area contributed by atoms with E-state index in [1.54, 1.807) is 32.2 Å². The average Bonchev–Trinajstić information content (AvgIpc) is 2.60. The summed E-state index contributed by atoms with van der Waals surface area (Å²) < 4.78 is 5.33. The Labute approximate surface area is 155 Å². The van der Waals surface area contributed by atoms with Crippen molar-refractivity contribution in [2.75, 3.05) is 0 Å². The van der Waals surface area contributed by atoms with E-state index in [0.29, 0.717) is 5.03 Å². The number of nitrogens with zero attached hydrogens (tertiary/aromatic N) is 1. The number of hydrogen-bond acceptors (Lipinski definition) is 6. The molecule has 3 amide bonds. The first-order valence-electron chi connectivity index (χ1n) is 7.87. The normalized spacial score (nSPS) is 11.7. The molecule has 3 N–H and O–H groups in total. The van der Waals surface area contributed by atoms with E-state index in [1.807, 2.05) is 35.6 Å². The van der Waals surface area contributed by atoms with E-state index in [0.717, 1.165) is 4.90 Å². The van der Waals surface area contributed by atoms with Crippen LogP contribution >= 0.6 is 11.8 Å². The van der Waals surface area contributed by atoms with Crippen molar-refractivity contribution in [1.29, 1.82) is 0 Å². The molecule has 1 atom stereocenters. The summed E-state index contributed by atoms with van der Waals surface area (Å²) in [6.45, 7) is 3.39. The van der Waals surface area contributed by atoms with Crippen LogP contribution in [0.5, 0.6) is 0 Å². The maximum absolute atomic E-state index is 12.6. The highest BCUT2D eigenvalue weighted by Crippen LogP contribution is 2.29. The van der Waals surface area contributed by atoms with Gasteiger partial charge in [0.25, 0.3) is 5.91 Å². The van der Waals surface area contributed by atoms with Gasteiger partial charge in [-0.15, -0.1) is 0 Å². The highest BCUT2D eigenvalue weighted by atomic mass is 32.2. The topological polar surface area (TPSA) is 111 Å². The average molecular weight is 373 g/mol. The number of pyridine rings is 1. The number of nitrogens with two attached hydrogens (primary N) is 1. The molecule has 8 heteroatoms. The molecular weight excluding hydrogens is 354 g/mol. The number of aromatic nitrogens is 1. The Morgan fingerprint density at radius 1 is 1.12 bits per heavy atom. The molecule has 0 fully saturated rings. The van der Waals surface area contributed by atoms with Gasteiger partial charge < -0.3 is 10.5 Å². The molecule has 7 nitrogen and oxygen atoms in total. The number of carbonyl (C=O) groups is 3. The maximum atomic E-state index is 12.6. The van der Waals surface area contributed by atoms with E-state index >= 15 is 0 Å². The lowest BCUT2D eigenvalue weighted by Gasteiger charge is -2.20. The molecule has 2 rings (SSSR count). The second-order valence-electron chi connectivity index (χ2n) is 5.69. The first-order chi connectivity index (χ1) is 12.4. The Hall–Kier alpha value is -2.87. The van der Waals surface area contributed by atoms with E-state index < -0.39 is 24.0 Å². The molecule has 2 aromatic rings. The molecule has 26 heavy (non-hydrogen) atoms. The van der Waals surface area contributed by atoms with Gasteiger partial charge >= 0.3 is 12.0 Å². The van der Waals surface area contributed by atoms with E-state index in [1.165, 1.54) is 11.8 Å². The summed E-state index contributed by atoms with van der Waals surface area (Å²) in [4.78, 5) is 40.6. The third-order valence-electron chi connectivity index (χ3n) is 3.29. The number of amides is 3. The van der Waals surface area contributed by atoms with Gasteiger partial charge in [-0.2, -0.15) is 0 Å².